The van der Waals surface area contributed by atoms with Gasteiger partial charge in [0.15, 0.2) is 0 Å². The van der Waals surface area contributed by atoms with Gasteiger partial charge in [-0.1, -0.05) is 30.3 Å². The molecule has 2 heterocycles. The predicted octanol–water partition coefficient (Wildman–Crippen LogP) is 3.30. The molecule has 0 amide bonds. The van der Waals surface area contributed by atoms with Gasteiger partial charge in [-0.15, -0.1) is 0 Å². The summed E-state index contributed by atoms with van der Waals surface area (Å²) in [7, 11) is 1.32. The maximum Gasteiger partial charge on any atom is 0.340 e. The number of benzene rings is 1. The molecule has 0 aromatic heterocycles. The third kappa shape index (κ3) is 4.22. The van der Waals surface area contributed by atoms with E-state index in [9.17, 15) is 9.59 Å². The third-order valence-electron chi connectivity index (χ3n) is 5.26. The molecule has 0 radical (unpaired) electrons. The fourth-order valence-electron chi connectivity index (χ4n) is 4.00. The average Bonchev–Trinajstić information content (AvgIpc) is 2.91. The smallest absolute Gasteiger partial charge is 0.340 e. The van der Waals surface area contributed by atoms with Gasteiger partial charge in [-0.3, -0.25) is 4.79 Å². The highest BCUT2D eigenvalue weighted by Gasteiger charge is 2.56. The molecule has 6 heteroatoms. The maximum absolute atomic E-state index is 12.3. The molecule has 3 rings (SSSR count). The molecule has 146 valence electrons. The Kier molecular flexibility index (Phi) is 5.67. The van der Waals surface area contributed by atoms with Gasteiger partial charge in [0.2, 0.25) is 0 Å². The SMILES string of the molecule is COC(=O)C1=C(OC(C)=O)C[C@]2(CCOCc3ccccc3)CC[C@@]1(C)O2. The maximum atomic E-state index is 12.3. The third-order valence-corrected chi connectivity index (χ3v) is 5.26. The Balaban J connectivity index is 1.71. The van der Waals surface area contributed by atoms with E-state index < -0.39 is 23.1 Å². The summed E-state index contributed by atoms with van der Waals surface area (Å²) in [5.41, 5.74) is 0.131. The van der Waals surface area contributed by atoms with Crippen molar-refractivity contribution in [3.63, 3.8) is 0 Å². The number of hydrogen-bond donors (Lipinski definition) is 0. The van der Waals surface area contributed by atoms with Crippen molar-refractivity contribution in [3.05, 3.63) is 47.2 Å². The summed E-state index contributed by atoms with van der Waals surface area (Å²) in [6, 6.07) is 9.97. The molecule has 1 aromatic rings. The van der Waals surface area contributed by atoms with Crippen LogP contribution in [0.15, 0.2) is 41.7 Å². The first kappa shape index (κ1) is 19.6. The molecule has 1 fully saturated rings. The van der Waals surface area contributed by atoms with Crippen LogP contribution in [0.5, 0.6) is 0 Å². The fraction of sp³-hybridized carbons (Fsp3) is 0.524. The van der Waals surface area contributed by atoms with Gasteiger partial charge >= 0.3 is 11.9 Å². The van der Waals surface area contributed by atoms with Crippen molar-refractivity contribution in [2.45, 2.75) is 57.3 Å². The van der Waals surface area contributed by atoms with Gasteiger partial charge < -0.3 is 18.9 Å². The Labute approximate surface area is 159 Å². The molecule has 0 spiro atoms. The second kappa shape index (κ2) is 7.82. The molecule has 27 heavy (non-hydrogen) atoms. The van der Waals surface area contributed by atoms with Gasteiger partial charge in [0.1, 0.15) is 16.9 Å². The van der Waals surface area contributed by atoms with Crippen LogP contribution < -0.4 is 0 Å². The van der Waals surface area contributed by atoms with Crippen LogP contribution in [0.25, 0.3) is 0 Å². The number of ether oxygens (including phenoxy) is 4. The highest BCUT2D eigenvalue weighted by atomic mass is 16.6. The molecule has 2 aliphatic heterocycles. The van der Waals surface area contributed by atoms with Crippen molar-refractivity contribution in [2.24, 2.45) is 0 Å². The second-order valence-electron chi connectivity index (χ2n) is 7.36. The Morgan fingerprint density at radius 2 is 1.93 bits per heavy atom. The summed E-state index contributed by atoms with van der Waals surface area (Å²) >= 11 is 0. The number of fused-ring (bicyclic) bond motifs is 2. The molecule has 6 nitrogen and oxygen atoms in total. The molecule has 2 atom stereocenters. The van der Waals surface area contributed by atoms with E-state index in [1.807, 2.05) is 37.3 Å². The van der Waals surface area contributed by atoms with Crippen LogP contribution in [-0.2, 0) is 35.1 Å². The van der Waals surface area contributed by atoms with Crippen molar-refractivity contribution in [3.8, 4) is 0 Å². The van der Waals surface area contributed by atoms with E-state index in [-0.39, 0.29) is 0 Å². The van der Waals surface area contributed by atoms with Crippen LogP contribution >= 0.6 is 0 Å². The Hall–Kier alpha value is -2.18. The lowest BCUT2D eigenvalue weighted by Gasteiger charge is -2.39. The fourth-order valence-corrected chi connectivity index (χ4v) is 4.00. The van der Waals surface area contributed by atoms with E-state index in [1.165, 1.54) is 14.0 Å². The van der Waals surface area contributed by atoms with Crippen LogP contribution in [0, 0.1) is 0 Å². The minimum absolute atomic E-state index is 0.318. The molecule has 0 N–H and O–H groups in total. The minimum Gasteiger partial charge on any atom is -0.465 e. The van der Waals surface area contributed by atoms with Crippen molar-refractivity contribution in [2.75, 3.05) is 13.7 Å². The number of esters is 2. The number of methoxy groups -OCH3 is 1. The average molecular weight is 374 g/mol. The van der Waals surface area contributed by atoms with E-state index in [0.29, 0.717) is 43.8 Å². The largest absolute Gasteiger partial charge is 0.465 e. The standard InChI is InChI=1S/C21H26O6/c1-15(22)26-17-13-21(11-12-25-14-16-7-5-4-6-8-16)10-9-20(2,27-21)18(17)19(23)24-3/h4-8H,9-14H2,1-3H3/t20-,21-/m1/s1. The van der Waals surface area contributed by atoms with Gasteiger partial charge in [0.25, 0.3) is 0 Å². The molecule has 1 aromatic carbocycles. The lowest BCUT2D eigenvalue weighted by Crippen LogP contribution is -2.44. The van der Waals surface area contributed by atoms with Crippen molar-refractivity contribution >= 4 is 11.9 Å². The second-order valence-corrected chi connectivity index (χ2v) is 7.36. The monoisotopic (exact) mass is 374 g/mol. The highest BCUT2D eigenvalue weighted by molar-refractivity contribution is 5.92. The molecule has 2 bridgehead atoms. The number of hydrogen-bond acceptors (Lipinski definition) is 6. The first-order chi connectivity index (χ1) is 12.9. The summed E-state index contributed by atoms with van der Waals surface area (Å²) in [5.74, 6) is -0.597. The summed E-state index contributed by atoms with van der Waals surface area (Å²) in [4.78, 5) is 23.9. The molecule has 2 aliphatic rings. The van der Waals surface area contributed by atoms with Gasteiger partial charge in [0.05, 0.1) is 19.3 Å². The Morgan fingerprint density at radius 3 is 2.59 bits per heavy atom. The predicted molar refractivity (Wildman–Crippen MR) is 97.6 cm³/mol. The van der Waals surface area contributed by atoms with Crippen LogP contribution in [0.3, 0.4) is 0 Å². The lowest BCUT2D eigenvalue weighted by atomic mass is 9.89. The van der Waals surface area contributed by atoms with E-state index in [2.05, 4.69) is 0 Å². The van der Waals surface area contributed by atoms with Crippen LogP contribution in [-0.4, -0.2) is 36.9 Å². The van der Waals surface area contributed by atoms with E-state index >= 15 is 0 Å². The quantitative estimate of drug-likeness (QED) is 0.539. The number of rotatable bonds is 7. The topological polar surface area (TPSA) is 71.1 Å². The summed E-state index contributed by atoms with van der Waals surface area (Å²) in [5, 5.41) is 0. The molecule has 0 aliphatic carbocycles. The normalized spacial score (nSPS) is 26.8. The Bertz CT molecular complexity index is 740. The first-order valence-corrected chi connectivity index (χ1v) is 9.20. The molecule has 1 saturated heterocycles. The molecular formula is C21H26O6. The van der Waals surface area contributed by atoms with Crippen molar-refractivity contribution in [1.29, 1.82) is 0 Å². The van der Waals surface area contributed by atoms with Crippen LogP contribution in [0.1, 0.15) is 45.1 Å². The summed E-state index contributed by atoms with van der Waals surface area (Å²) in [6.07, 6.45) is 2.46. The van der Waals surface area contributed by atoms with Crippen molar-refractivity contribution in [1.82, 2.24) is 0 Å². The first-order valence-electron chi connectivity index (χ1n) is 9.20. The van der Waals surface area contributed by atoms with Crippen LogP contribution in [0.2, 0.25) is 0 Å². The van der Waals surface area contributed by atoms with Gasteiger partial charge in [-0.25, -0.2) is 4.79 Å². The summed E-state index contributed by atoms with van der Waals surface area (Å²) in [6.45, 7) is 4.24. The van der Waals surface area contributed by atoms with Gasteiger partial charge in [0, 0.05) is 26.4 Å². The zero-order valence-corrected chi connectivity index (χ0v) is 16.1. The zero-order valence-electron chi connectivity index (χ0n) is 16.1. The minimum atomic E-state index is -0.810. The molecule has 0 unspecified atom stereocenters. The van der Waals surface area contributed by atoms with Gasteiger partial charge in [-0.2, -0.15) is 0 Å². The van der Waals surface area contributed by atoms with Crippen molar-refractivity contribution < 1.29 is 28.5 Å². The number of carbonyl (C=O) groups excluding carboxylic acids is 2. The lowest BCUT2D eigenvalue weighted by molar-refractivity contribution is -0.151. The molecular weight excluding hydrogens is 348 g/mol. The van der Waals surface area contributed by atoms with E-state index in [4.69, 9.17) is 18.9 Å². The number of carbonyl (C=O) groups is 2. The van der Waals surface area contributed by atoms with E-state index in [1.54, 1.807) is 0 Å². The zero-order chi connectivity index (χ0) is 19.5. The Morgan fingerprint density at radius 1 is 1.19 bits per heavy atom. The van der Waals surface area contributed by atoms with Gasteiger partial charge in [-0.05, 0) is 25.3 Å². The summed E-state index contributed by atoms with van der Waals surface area (Å²) < 4.78 is 22.5. The van der Waals surface area contributed by atoms with Crippen LogP contribution in [0.4, 0.5) is 0 Å². The molecule has 0 saturated carbocycles. The highest BCUT2D eigenvalue weighted by Crippen LogP contribution is 2.52. The van der Waals surface area contributed by atoms with E-state index in [0.717, 1.165) is 12.0 Å².